The van der Waals surface area contributed by atoms with Gasteiger partial charge in [0.25, 0.3) is 0 Å². The van der Waals surface area contributed by atoms with Crippen LogP contribution in [0.4, 0.5) is 0 Å². The molecule has 0 radical (unpaired) electrons. The Morgan fingerprint density at radius 1 is 1.24 bits per heavy atom. The van der Waals surface area contributed by atoms with Gasteiger partial charge >= 0.3 is 0 Å². The van der Waals surface area contributed by atoms with E-state index >= 15 is 0 Å². The lowest BCUT2D eigenvalue weighted by Crippen LogP contribution is -2.22. The van der Waals surface area contributed by atoms with E-state index < -0.39 is 0 Å². The van der Waals surface area contributed by atoms with Gasteiger partial charge in [0.15, 0.2) is 5.78 Å². The Kier molecular flexibility index (Phi) is 3.57. The first-order valence-electron chi connectivity index (χ1n) is 6.02. The van der Waals surface area contributed by atoms with Gasteiger partial charge in [0, 0.05) is 24.3 Å². The lowest BCUT2D eigenvalue weighted by atomic mass is 9.83. The molecule has 1 aliphatic carbocycles. The number of rotatable bonds is 3. The van der Waals surface area contributed by atoms with Crippen molar-refractivity contribution in [3.8, 4) is 5.75 Å². The lowest BCUT2D eigenvalue weighted by molar-refractivity contribution is -0.124. The molecular weight excluding hydrogens is 216 g/mol. The van der Waals surface area contributed by atoms with Crippen LogP contribution in [0.3, 0.4) is 0 Å². The molecule has 0 heterocycles. The molecule has 17 heavy (non-hydrogen) atoms. The van der Waals surface area contributed by atoms with Crippen LogP contribution >= 0.6 is 0 Å². The number of hydrogen-bond acceptors (Lipinski definition) is 3. The third-order valence-corrected chi connectivity index (χ3v) is 3.30. The Bertz CT molecular complexity index is 420. The van der Waals surface area contributed by atoms with Gasteiger partial charge in [-0.2, -0.15) is 0 Å². The van der Waals surface area contributed by atoms with Gasteiger partial charge < -0.3 is 5.11 Å². The summed E-state index contributed by atoms with van der Waals surface area (Å²) in [7, 11) is 0. The molecule has 0 saturated heterocycles. The van der Waals surface area contributed by atoms with Gasteiger partial charge in [0.2, 0.25) is 0 Å². The van der Waals surface area contributed by atoms with E-state index in [2.05, 4.69) is 0 Å². The fourth-order valence-electron chi connectivity index (χ4n) is 2.26. The van der Waals surface area contributed by atoms with E-state index in [9.17, 15) is 9.59 Å². The van der Waals surface area contributed by atoms with E-state index in [1.165, 1.54) is 12.1 Å². The summed E-state index contributed by atoms with van der Waals surface area (Å²) in [5.74, 6) is 0.272. The number of benzene rings is 1. The summed E-state index contributed by atoms with van der Waals surface area (Å²) >= 11 is 0. The van der Waals surface area contributed by atoms with Crippen LogP contribution in [0, 0.1) is 5.92 Å². The number of Topliss-reactive ketones (excluding diaryl/α,β-unsaturated/α-hetero) is 2. The van der Waals surface area contributed by atoms with Gasteiger partial charge in [0.1, 0.15) is 11.5 Å². The van der Waals surface area contributed by atoms with E-state index in [4.69, 9.17) is 5.11 Å². The van der Waals surface area contributed by atoms with Crippen molar-refractivity contribution in [3.05, 3.63) is 29.8 Å². The van der Waals surface area contributed by atoms with E-state index in [-0.39, 0.29) is 23.2 Å². The zero-order chi connectivity index (χ0) is 12.3. The molecule has 3 heteroatoms. The Morgan fingerprint density at radius 2 is 1.94 bits per heavy atom. The molecule has 1 aromatic rings. The first-order chi connectivity index (χ1) is 8.16. The minimum absolute atomic E-state index is 0.00903. The molecule has 3 nitrogen and oxygen atoms in total. The van der Waals surface area contributed by atoms with Crippen LogP contribution < -0.4 is 0 Å². The van der Waals surface area contributed by atoms with Crippen LogP contribution in [0.1, 0.15) is 42.5 Å². The Labute approximate surface area is 100 Å². The standard InChI is InChI=1S/C14H16O3/c15-12-7-5-10(6-8-12)14(17)9-11-3-1-2-4-13(11)16/h5-8,11,15H,1-4,9H2/t11-/m1/s1. The van der Waals surface area contributed by atoms with Crippen LogP contribution in [-0.2, 0) is 4.79 Å². The third-order valence-electron chi connectivity index (χ3n) is 3.30. The Hall–Kier alpha value is -1.64. The number of carbonyl (C=O) groups excluding carboxylic acids is 2. The van der Waals surface area contributed by atoms with Gasteiger partial charge in [-0.1, -0.05) is 6.42 Å². The average molecular weight is 232 g/mol. The molecule has 1 atom stereocenters. The number of phenols is 1. The van der Waals surface area contributed by atoms with E-state index in [0.29, 0.717) is 18.4 Å². The maximum absolute atomic E-state index is 11.9. The highest BCUT2D eigenvalue weighted by Gasteiger charge is 2.24. The van der Waals surface area contributed by atoms with Crippen LogP contribution in [0.15, 0.2) is 24.3 Å². The van der Waals surface area contributed by atoms with E-state index in [1.54, 1.807) is 12.1 Å². The fourth-order valence-corrected chi connectivity index (χ4v) is 2.26. The van der Waals surface area contributed by atoms with Crippen molar-refractivity contribution in [1.82, 2.24) is 0 Å². The van der Waals surface area contributed by atoms with Gasteiger partial charge in [-0.25, -0.2) is 0 Å². The molecule has 1 saturated carbocycles. The predicted molar refractivity (Wildman–Crippen MR) is 64.0 cm³/mol. The van der Waals surface area contributed by atoms with Crippen molar-refractivity contribution in [2.75, 3.05) is 0 Å². The summed E-state index contributed by atoms with van der Waals surface area (Å²) in [5, 5.41) is 9.14. The summed E-state index contributed by atoms with van der Waals surface area (Å²) in [6.45, 7) is 0. The monoisotopic (exact) mass is 232 g/mol. The Balaban J connectivity index is 2.01. The molecule has 0 bridgehead atoms. The molecule has 1 N–H and O–H groups in total. The third kappa shape index (κ3) is 2.93. The zero-order valence-corrected chi connectivity index (χ0v) is 9.69. The second-order valence-corrected chi connectivity index (χ2v) is 4.58. The minimum atomic E-state index is -0.0925. The quantitative estimate of drug-likeness (QED) is 0.815. The SMILES string of the molecule is O=C(C[C@H]1CCCCC1=O)c1ccc(O)cc1. The van der Waals surface area contributed by atoms with Crippen molar-refractivity contribution >= 4 is 11.6 Å². The normalized spacial score (nSPS) is 20.2. The van der Waals surface area contributed by atoms with Gasteiger partial charge in [-0.05, 0) is 37.1 Å². The fraction of sp³-hybridized carbons (Fsp3) is 0.429. The summed E-state index contributed by atoms with van der Waals surface area (Å²) < 4.78 is 0. The second kappa shape index (κ2) is 5.13. The molecule has 2 rings (SSSR count). The Morgan fingerprint density at radius 3 is 2.59 bits per heavy atom. The maximum atomic E-state index is 11.9. The molecule has 0 spiro atoms. The van der Waals surface area contributed by atoms with Gasteiger partial charge in [-0.3, -0.25) is 9.59 Å². The minimum Gasteiger partial charge on any atom is -0.508 e. The molecule has 1 fully saturated rings. The summed E-state index contributed by atoms with van der Waals surface area (Å²) in [4.78, 5) is 23.6. The first kappa shape index (κ1) is 11.8. The highest BCUT2D eigenvalue weighted by Crippen LogP contribution is 2.25. The zero-order valence-electron chi connectivity index (χ0n) is 9.69. The number of hydrogen-bond donors (Lipinski definition) is 1. The van der Waals surface area contributed by atoms with E-state index in [1.807, 2.05) is 0 Å². The van der Waals surface area contributed by atoms with Crippen molar-refractivity contribution < 1.29 is 14.7 Å². The van der Waals surface area contributed by atoms with Crippen LogP contribution in [0.5, 0.6) is 5.75 Å². The number of phenolic OH excluding ortho intramolecular Hbond substituents is 1. The number of carbonyl (C=O) groups is 2. The molecule has 0 unspecified atom stereocenters. The highest BCUT2D eigenvalue weighted by molar-refractivity contribution is 5.99. The van der Waals surface area contributed by atoms with E-state index in [0.717, 1.165) is 19.3 Å². The largest absolute Gasteiger partial charge is 0.508 e. The maximum Gasteiger partial charge on any atom is 0.163 e. The van der Waals surface area contributed by atoms with Crippen molar-refractivity contribution in [2.24, 2.45) is 5.92 Å². The summed E-state index contributed by atoms with van der Waals surface area (Å²) in [6, 6.07) is 6.20. The summed E-state index contributed by atoms with van der Waals surface area (Å²) in [6.07, 6.45) is 3.77. The first-order valence-corrected chi connectivity index (χ1v) is 6.02. The second-order valence-electron chi connectivity index (χ2n) is 4.58. The van der Waals surface area contributed by atoms with Crippen molar-refractivity contribution in [2.45, 2.75) is 32.1 Å². The van der Waals surface area contributed by atoms with Crippen LogP contribution in [0.2, 0.25) is 0 Å². The highest BCUT2D eigenvalue weighted by atomic mass is 16.3. The van der Waals surface area contributed by atoms with Gasteiger partial charge in [0.05, 0.1) is 0 Å². The topological polar surface area (TPSA) is 54.4 Å². The molecule has 0 aliphatic heterocycles. The summed E-state index contributed by atoms with van der Waals surface area (Å²) in [5.41, 5.74) is 0.571. The van der Waals surface area contributed by atoms with Crippen molar-refractivity contribution in [1.29, 1.82) is 0 Å². The van der Waals surface area contributed by atoms with Crippen LogP contribution in [0.25, 0.3) is 0 Å². The molecule has 1 aromatic carbocycles. The molecule has 0 aromatic heterocycles. The molecular formula is C14H16O3. The molecule has 0 amide bonds. The average Bonchev–Trinajstić information content (AvgIpc) is 2.33. The molecule has 1 aliphatic rings. The molecule has 90 valence electrons. The lowest BCUT2D eigenvalue weighted by Gasteiger charge is -2.19. The van der Waals surface area contributed by atoms with Crippen LogP contribution in [-0.4, -0.2) is 16.7 Å². The predicted octanol–water partition coefficient (Wildman–Crippen LogP) is 2.72. The number of aromatic hydroxyl groups is 1. The van der Waals surface area contributed by atoms with Gasteiger partial charge in [-0.15, -0.1) is 0 Å². The smallest absolute Gasteiger partial charge is 0.163 e. The number of ketones is 2. The van der Waals surface area contributed by atoms with Crippen molar-refractivity contribution in [3.63, 3.8) is 0 Å².